The number of hydrogen-bond acceptors (Lipinski definition) is 6. The van der Waals surface area contributed by atoms with Crippen LogP contribution in [0.2, 0.25) is 0 Å². The standard InChI is InChI=1S/C22H19N3O5S/c1-16(26)24-19-10-12-21(13-11-19)31(28,29)30-20-9-5-6-17(14-20)15-23-25-22(27)18-7-3-2-4-8-18/h2-15H,1H3,(H,24,26)(H,25,27)/b23-15-. The zero-order chi connectivity index (χ0) is 22.3. The summed E-state index contributed by atoms with van der Waals surface area (Å²) >= 11 is 0. The minimum Gasteiger partial charge on any atom is -0.379 e. The number of hydrogen-bond donors (Lipinski definition) is 2. The summed E-state index contributed by atoms with van der Waals surface area (Å²) in [6, 6.07) is 20.5. The number of amides is 2. The van der Waals surface area contributed by atoms with Crippen LogP contribution in [-0.4, -0.2) is 26.4 Å². The molecule has 0 unspecified atom stereocenters. The van der Waals surface area contributed by atoms with Gasteiger partial charge in [0, 0.05) is 18.2 Å². The van der Waals surface area contributed by atoms with Gasteiger partial charge in [-0.1, -0.05) is 30.3 Å². The number of rotatable bonds is 7. The fourth-order valence-corrected chi connectivity index (χ4v) is 3.47. The third-order valence-electron chi connectivity index (χ3n) is 3.94. The van der Waals surface area contributed by atoms with Crippen LogP contribution in [-0.2, 0) is 14.9 Å². The number of carbonyl (C=O) groups excluding carboxylic acids is 2. The zero-order valence-corrected chi connectivity index (χ0v) is 17.3. The van der Waals surface area contributed by atoms with Gasteiger partial charge in [0.15, 0.2) is 0 Å². The van der Waals surface area contributed by atoms with E-state index in [4.69, 9.17) is 4.18 Å². The van der Waals surface area contributed by atoms with Gasteiger partial charge in [-0.3, -0.25) is 9.59 Å². The highest BCUT2D eigenvalue weighted by Gasteiger charge is 2.17. The molecular weight excluding hydrogens is 418 g/mol. The van der Waals surface area contributed by atoms with E-state index in [0.29, 0.717) is 16.8 Å². The first kappa shape index (κ1) is 21.7. The monoisotopic (exact) mass is 437 g/mol. The van der Waals surface area contributed by atoms with Gasteiger partial charge in [0.2, 0.25) is 5.91 Å². The second-order valence-electron chi connectivity index (χ2n) is 6.38. The molecule has 158 valence electrons. The topological polar surface area (TPSA) is 114 Å². The molecule has 0 aliphatic heterocycles. The van der Waals surface area contributed by atoms with Gasteiger partial charge in [-0.25, -0.2) is 5.43 Å². The molecule has 3 aromatic rings. The Labute approximate surface area is 179 Å². The molecule has 0 saturated heterocycles. The molecule has 2 amide bonds. The summed E-state index contributed by atoms with van der Waals surface area (Å²) in [5.74, 6) is -0.538. The maximum absolute atomic E-state index is 12.5. The van der Waals surface area contributed by atoms with E-state index in [1.807, 2.05) is 0 Å². The Bertz CT molecular complexity index is 1210. The first-order valence-electron chi connectivity index (χ1n) is 9.14. The molecule has 9 heteroatoms. The van der Waals surface area contributed by atoms with Crippen molar-refractivity contribution in [3.63, 3.8) is 0 Å². The van der Waals surface area contributed by atoms with E-state index in [0.717, 1.165) is 0 Å². The number of anilines is 1. The van der Waals surface area contributed by atoms with Crippen LogP contribution >= 0.6 is 0 Å². The fourth-order valence-electron chi connectivity index (χ4n) is 2.55. The van der Waals surface area contributed by atoms with Crippen molar-refractivity contribution in [2.75, 3.05) is 5.32 Å². The van der Waals surface area contributed by atoms with E-state index < -0.39 is 10.1 Å². The van der Waals surface area contributed by atoms with Gasteiger partial charge >= 0.3 is 10.1 Å². The Morgan fingerprint density at radius 2 is 1.65 bits per heavy atom. The van der Waals surface area contributed by atoms with E-state index in [-0.39, 0.29) is 22.5 Å². The molecule has 0 heterocycles. The minimum atomic E-state index is -4.07. The van der Waals surface area contributed by atoms with Crippen LogP contribution in [0.15, 0.2) is 88.9 Å². The maximum atomic E-state index is 12.5. The molecule has 0 spiro atoms. The normalized spacial score (nSPS) is 11.1. The van der Waals surface area contributed by atoms with Crippen LogP contribution in [0, 0.1) is 0 Å². The number of benzene rings is 3. The Balaban J connectivity index is 1.66. The number of carbonyl (C=O) groups is 2. The molecule has 0 radical (unpaired) electrons. The SMILES string of the molecule is CC(=O)Nc1ccc(S(=O)(=O)Oc2cccc(/C=N\NC(=O)c3ccccc3)c2)cc1. The Morgan fingerprint density at radius 3 is 2.32 bits per heavy atom. The van der Waals surface area contributed by atoms with Crippen molar-refractivity contribution >= 4 is 33.8 Å². The summed E-state index contributed by atoms with van der Waals surface area (Å²) in [7, 11) is -4.07. The predicted molar refractivity (Wildman–Crippen MR) is 117 cm³/mol. The van der Waals surface area contributed by atoms with Crippen molar-refractivity contribution in [3.8, 4) is 5.75 Å². The van der Waals surface area contributed by atoms with Crippen molar-refractivity contribution in [1.82, 2.24) is 5.43 Å². The van der Waals surface area contributed by atoms with Gasteiger partial charge in [0.25, 0.3) is 5.91 Å². The second-order valence-corrected chi connectivity index (χ2v) is 7.93. The molecule has 0 atom stereocenters. The third-order valence-corrected chi connectivity index (χ3v) is 5.20. The first-order chi connectivity index (χ1) is 14.8. The van der Waals surface area contributed by atoms with E-state index in [1.54, 1.807) is 42.5 Å². The molecule has 0 fully saturated rings. The lowest BCUT2D eigenvalue weighted by atomic mass is 10.2. The van der Waals surface area contributed by atoms with Crippen molar-refractivity contribution < 1.29 is 22.2 Å². The van der Waals surface area contributed by atoms with Crippen molar-refractivity contribution in [1.29, 1.82) is 0 Å². The molecule has 0 bridgehead atoms. The van der Waals surface area contributed by atoms with Crippen molar-refractivity contribution in [2.24, 2.45) is 5.10 Å². The lowest BCUT2D eigenvalue weighted by Gasteiger charge is -2.08. The molecule has 8 nitrogen and oxygen atoms in total. The quantitative estimate of drug-likeness (QED) is 0.335. The first-order valence-corrected chi connectivity index (χ1v) is 10.5. The molecule has 0 aromatic heterocycles. The average Bonchev–Trinajstić information content (AvgIpc) is 2.74. The molecule has 0 aliphatic rings. The third kappa shape index (κ3) is 6.25. The van der Waals surface area contributed by atoms with Gasteiger partial charge in [-0.05, 0) is 54.1 Å². The van der Waals surface area contributed by atoms with Gasteiger partial charge in [-0.15, -0.1) is 0 Å². The lowest BCUT2D eigenvalue weighted by molar-refractivity contribution is -0.114. The van der Waals surface area contributed by atoms with E-state index >= 15 is 0 Å². The van der Waals surface area contributed by atoms with Crippen LogP contribution in [0.5, 0.6) is 5.75 Å². The van der Waals surface area contributed by atoms with Gasteiger partial charge in [0.1, 0.15) is 10.6 Å². The Hall–Kier alpha value is -3.98. The Morgan fingerprint density at radius 1 is 0.935 bits per heavy atom. The molecule has 31 heavy (non-hydrogen) atoms. The highest BCUT2D eigenvalue weighted by atomic mass is 32.2. The van der Waals surface area contributed by atoms with E-state index in [9.17, 15) is 18.0 Å². The number of nitrogens with one attached hydrogen (secondary N) is 2. The number of nitrogens with zero attached hydrogens (tertiary/aromatic N) is 1. The molecule has 3 rings (SSSR count). The molecule has 0 aliphatic carbocycles. The van der Waals surface area contributed by atoms with Crippen LogP contribution in [0.4, 0.5) is 5.69 Å². The van der Waals surface area contributed by atoms with Crippen LogP contribution in [0.1, 0.15) is 22.8 Å². The lowest BCUT2D eigenvalue weighted by Crippen LogP contribution is -2.17. The molecule has 0 saturated carbocycles. The van der Waals surface area contributed by atoms with Gasteiger partial charge in [-0.2, -0.15) is 13.5 Å². The summed E-state index contributed by atoms with van der Waals surface area (Å²) in [6.45, 7) is 1.36. The van der Waals surface area contributed by atoms with Crippen molar-refractivity contribution in [2.45, 2.75) is 11.8 Å². The van der Waals surface area contributed by atoms with Gasteiger partial charge in [0.05, 0.1) is 6.21 Å². The van der Waals surface area contributed by atoms with Crippen LogP contribution in [0.3, 0.4) is 0 Å². The van der Waals surface area contributed by atoms with Crippen LogP contribution in [0.25, 0.3) is 0 Å². The van der Waals surface area contributed by atoms with E-state index in [1.165, 1.54) is 49.5 Å². The maximum Gasteiger partial charge on any atom is 0.339 e. The summed E-state index contributed by atoms with van der Waals surface area (Å²) in [4.78, 5) is 23.0. The van der Waals surface area contributed by atoms with Gasteiger partial charge < -0.3 is 9.50 Å². The van der Waals surface area contributed by atoms with Crippen LogP contribution < -0.4 is 14.9 Å². The zero-order valence-electron chi connectivity index (χ0n) is 16.5. The summed E-state index contributed by atoms with van der Waals surface area (Å²) in [5.41, 5.74) is 3.87. The summed E-state index contributed by atoms with van der Waals surface area (Å²) in [6.07, 6.45) is 1.38. The summed E-state index contributed by atoms with van der Waals surface area (Å²) < 4.78 is 30.2. The molecule has 2 N–H and O–H groups in total. The second kappa shape index (κ2) is 9.68. The summed E-state index contributed by atoms with van der Waals surface area (Å²) in [5, 5.41) is 6.44. The highest BCUT2D eigenvalue weighted by Crippen LogP contribution is 2.21. The highest BCUT2D eigenvalue weighted by molar-refractivity contribution is 7.87. The predicted octanol–water partition coefficient (Wildman–Crippen LogP) is 3.18. The minimum absolute atomic E-state index is 0.0594. The van der Waals surface area contributed by atoms with Crippen molar-refractivity contribution in [3.05, 3.63) is 90.0 Å². The Kier molecular flexibility index (Phi) is 6.78. The number of hydrazone groups is 1. The fraction of sp³-hybridized carbons (Fsp3) is 0.0455. The molecule has 3 aromatic carbocycles. The largest absolute Gasteiger partial charge is 0.379 e. The van der Waals surface area contributed by atoms with E-state index in [2.05, 4.69) is 15.8 Å². The average molecular weight is 437 g/mol. The molecular formula is C22H19N3O5S. The smallest absolute Gasteiger partial charge is 0.339 e.